The molecule has 0 radical (unpaired) electrons. The number of nitro benzene ring substituents is 1. The molecule has 1 aliphatic rings. The number of ether oxygens (including phenoxy) is 2. The highest BCUT2D eigenvalue weighted by Gasteiger charge is 2.24. The van der Waals surface area contributed by atoms with Crippen LogP contribution in [0.3, 0.4) is 0 Å². The zero-order chi connectivity index (χ0) is 20.4. The number of halogens is 1. The van der Waals surface area contributed by atoms with Crippen LogP contribution < -0.4 is 15.4 Å². The van der Waals surface area contributed by atoms with Gasteiger partial charge in [-0.3, -0.25) is 19.7 Å². The highest BCUT2D eigenvalue weighted by molar-refractivity contribution is 5.84. The molecule has 1 aromatic carbocycles. The van der Waals surface area contributed by atoms with Gasteiger partial charge in [-0.1, -0.05) is 12.8 Å². The number of hydrogen-bond acceptors (Lipinski definition) is 7. The number of hydrogen-bond donors (Lipinski definition) is 2. The van der Waals surface area contributed by atoms with Gasteiger partial charge in [0.25, 0.3) is 0 Å². The largest absolute Gasteiger partial charge is 0.487 e. The van der Waals surface area contributed by atoms with Crippen LogP contribution in [-0.2, 0) is 9.53 Å². The highest BCUT2D eigenvalue weighted by atomic mass is 19.1. The molecule has 0 spiro atoms. The minimum atomic E-state index is -0.957. The Balaban J connectivity index is 1.65. The number of nitro groups is 1. The Morgan fingerprint density at radius 1 is 1.39 bits per heavy atom. The molecule has 2 rings (SSSR count). The van der Waals surface area contributed by atoms with E-state index in [2.05, 4.69) is 10.6 Å². The van der Waals surface area contributed by atoms with Crippen LogP contribution in [0.4, 0.5) is 10.1 Å². The third kappa shape index (κ3) is 6.54. The van der Waals surface area contributed by atoms with Crippen molar-refractivity contribution in [1.29, 1.82) is 0 Å². The number of rotatable bonds is 11. The van der Waals surface area contributed by atoms with E-state index >= 15 is 0 Å². The number of carbonyl (C=O) groups excluding carboxylic acids is 2. The first-order chi connectivity index (χ1) is 13.5. The maximum atomic E-state index is 13.5. The Labute approximate surface area is 161 Å². The number of unbranched alkanes of at least 4 members (excludes halogenated alkanes) is 3. The SMILES string of the molecule is O=Cc1c(F)ccc(OCCCCCCC(=O)NC2CNCCO2)c1[N+](=O)[O-]. The summed E-state index contributed by atoms with van der Waals surface area (Å²) in [4.78, 5) is 33.0. The fourth-order valence-corrected chi connectivity index (χ4v) is 2.81. The summed E-state index contributed by atoms with van der Waals surface area (Å²) < 4.78 is 24.2. The van der Waals surface area contributed by atoms with Crippen molar-refractivity contribution in [2.45, 2.75) is 38.3 Å². The van der Waals surface area contributed by atoms with Gasteiger partial charge in [0.05, 0.1) is 18.1 Å². The molecule has 1 unspecified atom stereocenters. The molecule has 9 nitrogen and oxygen atoms in total. The number of carbonyl (C=O) groups is 2. The van der Waals surface area contributed by atoms with Gasteiger partial charge in [-0.15, -0.1) is 0 Å². The first-order valence-electron chi connectivity index (χ1n) is 9.19. The van der Waals surface area contributed by atoms with Gasteiger partial charge >= 0.3 is 5.69 Å². The summed E-state index contributed by atoms with van der Waals surface area (Å²) >= 11 is 0. The number of nitrogens with one attached hydrogen (secondary N) is 2. The predicted octanol–water partition coefficient (Wildman–Crippen LogP) is 1.94. The molecule has 1 amide bonds. The van der Waals surface area contributed by atoms with Gasteiger partial charge in [-0.25, -0.2) is 4.39 Å². The normalized spacial score (nSPS) is 16.4. The van der Waals surface area contributed by atoms with E-state index in [0.717, 1.165) is 31.5 Å². The first-order valence-corrected chi connectivity index (χ1v) is 9.19. The van der Waals surface area contributed by atoms with Crippen LogP contribution in [0.15, 0.2) is 12.1 Å². The monoisotopic (exact) mass is 397 g/mol. The van der Waals surface area contributed by atoms with Crippen LogP contribution in [0.2, 0.25) is 0 Å². The fourth-order valence-electron chi connectivity index (χ4n) is 2.81. The first kappa shape index (κ1) is 21.7. The van der Waals surface area contributed by atoms with Crippen molar-refractivity contribution in [3.05, 3.63) is 33.6 Å². The molecule has 0 bridgehead atoms. The second-order valence-corrected chi connectivity index (χ2v) is 6.33. The predicted molar refractivity (Wildman–Crippen MR) is 97.8 cm³/mol. The minimum Gasteiger partial charge on any atom is -0.487 e. The average Bonchev–Trinajstić information content (AvgIpc) is 2.68. The van der Waals surface area contributed by atoms with Gasteiger partial charge < -0.3 is 20.1 Å². The number of morpholine rings is 1. The summed E-state index contributed by atoms with van der Waals surface area (Å²) in [6.07, 6.45) is 3.11. The van der Waals surface area contributed by atoms with Crippen LogP contribution in [0.25, 0.3) is 0 Å². The zero-order valence-electron chi connectivity index (χ0n) is 15.4. The molecule has 1 aromatic rings. The third-order valence-corrected chi connectivity index (χ3v) is 4.23. The highest BCUT2D eigenvalue weighted by Crippen LogP contribution is 2.31. The fraction of sp³-hybridized carbons (Fsp3) is 0.556. The molecule has 1 aliphatic heterocycles. The Morgan fingerprint density at radius 2 is 2.18 bits per heavy atom. The second-order valence-electron chi connectivity index (χ2n) is 6.33. The van der Waals surface area contributed by atoms with Gasteiger partial charge in [-0.2, -0.15) is 0 Å². The molecule has 1 fully saturated rings. The minimum absolute atomic E-state index is 0.0618. The second kappa shape index (κ2) is 11.3. The molecular formula is C18H24FN3O6. The van der Waals surface area contributed by atoms with Crippen LogP contribution in [0.5, 0.6) is 5.75 Å². The Kier molecular flexibility index (Phi) is 8.76. The van der Waals surface area contributed by atoms with Gasteiger partial charge in [0.2, 0.25) is 5.91 Å². The standard InChI is InChI=1S/C18H24FN3O6/c19-14-6-7-15(18(22(25)26)13(14)12-23)27-9-4-2-1-3-5-16(24)21-17-11-20-8-10-28-17/h6-7,12,17,20H,1-5,8-11H2,(H,21,24). The van der Waals surface area contributed by atoms with E-state index in [1.807, 2.05) is 0 Å². The Hall–Kier alpha value is -2.59. The lowest BCUT2D eigenvalue weighted by atomic mass is 10.1. The van der Waals surface area contributed by atoms with E-state index in [9.17, 15) is 24.1 Å². The molecule has 1 atom stereocenters. The van der Waals surface area contributed by atoms with Crippen LogP contribution in [0, 0.1) is 15.9 Å². The summed E-state index contributed by atoms with van der Waals surface area (Å²) in [6, 6.07) is 2.11. The maximum absolute atomic E-state index is 13.5. The number of amides is 1. The summed E-state index contributed by atoms with van der Waals surface area (Å²) in [5.41, 5.74) is -1.28. The van der Waals surface area contributed by atoms with E-state index in [4.69, 9.17) is 9.47 Å². The molecule has 2 N–H and O–H groups in total. The lowest BCUT2D eigenvalue weighted by Crippen LogP contribution is -2.48. The van der Waals surface area contributed by atoms with Crippen LogP contribution >= 0.6 is 0 Å². The van der Waals surface area contributed by atoms with Crippen LogP contribution in [0.1, 0.15) is 42.5 Å². The quantitative estimate of drug-likeness (QED) is 0.253. The van der Waals surface area contributed by atoms with Crippen molar-refractivity contribution in [3.8, 4) is 5.75 Å². The molecule has 1 heterocycles. The van der Waals surface area contributed by atoms with Crippen molar-refractivity contribution >= 4 is 17.9 Å². The lowest BCUT2D eigenvalue weighted by Gasteiger charge is -2.24. The topological polar surface area (TPSA) is 120 Å². The molecule has 0 aliphatic carbocycles. The van der Waals surface area contributed by atoms with E-state index in [1.165, 1.54) is 0 Å². The zero-order valence-corrected chi connectivity index (χ0v) is 15.4. The summed E-state index contributed by atoms with van der Waals surface area (Å²) in [6.45, 7) is 2.15. The number of nitrogens with zero attached hydrogens (tertiary/aromatic N) is 1. The molecular weight excluding hydrogens is 373 g/mol. The van der Waals surface area contributed by atoms with E-state index < -0.39 is 22.0 Å². The third-order valence-electron chi connectivity index (χ3n) is 4.23. The van der Waals surface area contributed by atoms with E-state index in [1.54, 1.807) is 0 Å². The van der Waals surface area contributed by atoms with Gasteiger partial charge in [0, 0.05) is 19.5 Å². The van der Waals surface area contributed by atoms with E-state index in [0.29, 0.717) is 32.4 Å². The smallest absolute Gasteiger partial charge is 0.324 e. The molecule has 28 heavy (non-hydrogen) atoms. The molecule has 0 saturated carbocycles. The Bertz CT molecular complexity index is 694. The summed E-state index contributed by atoms with van der Waals surface area (Å²) in [5, 5.41) is 17.0. The molecule has 10 heteroatoms. The van der Waals surface area contributed by atoms with Gasteiger partial charge in [-0.05, 0) is 25.0 Å². The van der Waals surface area contributed by atoms with Crippen LogP contribution in [-0.4, -0.2) is 49.6 Å². The number of aldehydes is 1. The summed E-state index contributed by atoms with van der Waals surface area (Å²) in [5.74, 6) is -1.15. The molecule has 154 valence electrons. The van der Waals surface area contributed by atoms with Gasteiger partial charge in [0.1, 0.15) is 17.6 Å². The number of benzene rings is 1. The van der Waals surface area contributed by atoms with Crippen molar-refractivity contribution < 1.29 is 28.4 Å². The van der Waals surface area contributed by atoms with E-state index in [-0.39, 0.29) is 30.8 Å². The van der Waals surface area contributed by atoms with Crippen molar-refractivity contribution in [1.82, 2.24) is 10.6 Å². The maximum Gasteiger partial charge on any atom is 0.324 e. The Morgan fingerprint density at radius 3 is 2.86 bits per heavy atom. The lowest BCUT2D eigenvalue weighted by molar-refractivity contribution is -0.386. The molecule has 1 saturated heterocycles. The summed E-state index contributed by atoms with van der Waals surface area (Å²) in [7, 11) is 0. The van der Waals surface area contributed by atoms with Crippen molar-refractivity contribution in [2.75, 3.05) is 26.3 Å². The van der Waals surface area contributed by atoms with Gasteiger partial charge in [0.15, 0.2) is 12.0 Å². The van der Waals surface area contributed by atoms with Crippen molar-refractivity contribution in [2.24, 2.45) is 0 Å². The average molecular weight is 397 g/mol. The van der Waals surface area contributed by atoms with Crippen molar-refractivity contribution in [3.63, 3.8) is 0 Å². The molecule has 0 aromatic heterocycles.